The lowest BCUT2D eigenvalue weighted by molar-refractivity contribution is -0.126. The fourth-order valence-corrected chi connectivity index (χ4v) is 3.91. The van der Waals surface area contributed by atoms with Gasteiger partial charge in [0.1, 0.15) is 6.04 Å². The molecule has 0 unspecified atom stereocenters. The van der Waals surface area contributed by atoms with Gasteiger partial charge in [-0.3, -0.25) is 19.2 Å². The number of rotatable bonds is 6. The van der Waals surface area contributed by atoms with Crippen LogP contribution in [-0.4, -0.2) is 34.2 Å². The summed E-state index contributed by atoms with van der Waals surface area (Å²) < 4.78 is 1.99. The van der Waals surface area contributed by atoms with Gasteiger partial charge < -0.3 is 5.32 Å². The van der Waals surface area contributed by atoms with E-state index in [1.165, 1.54) is 5.56 Å². The van der Waals surface area contributed by atoms with Crippen LogP contribution in [0, 0.1) is 13.8 Å². The Morgan fingerprint density at radius 3 is 2.63 bits per heavy atom. The molecular formula is C21H28N4O2. The third kappa shape index (κ3) is 3.61. The van der Waals surface area contributed by atoms with Gasteiger partial charge in [-0.25, -0.2) is 0 Å². The number of hydrogen-bond donors (Lipinski definition) is 1. The number of amides is 2. The Labute approximate surface area is 160 Å². The summed E-state index contributed by atoms with van der Waals surface area (Å²) in [7, 11) is 0. The van der Waals surface area contributed by atoms with E-state index in [-0.39, 0.29) is 11.8 Å². The van der Waals surface area contributed by atoms with Gasteiger partial charge in [0.05, 0.1) is 5.69 Å². The second kappa shape index (κ2) is 7.94. The third-order valence-corrected chi connectivity index (χ3v) is 5.36. The first-order valence-corrected chi connectivity index (χ1v) is 9.68. The highest BCUT2D eigenvalue weighted by Gasteiger charge is 2.37. The summed E-state index contributed by atoms with van der Waals surface area (Å²) in [5.41, 5.74) is 5.27. The maximum atomic E-state index is 12.8. The number of aromatic nitrogens is 2. The molecule has 0 radical (unpaired) electrons. The fraction of sp³-hybridized carbons (Fsp3) is 0.476. The standard InChI is InChI=1S/C21H28N4O2/c1-5-20(26)25-18-10-8-7-9-16(18)13-19(25)21(27)22-12-11-17-14(3)23-24(6-2)15(17)4/h7-10,19H,5-6,11-13H2,1-4H3,(H,22,27)/t19-/m0/s1. The molecule has 0 spiro atoms. The fourth-order valence-electron chi connectivity index (χ4n) is 3.91. The second-order valence-corrected chi connectivity index (χ2v) is 6.97. The lowest BCUT2D eigenvalue weighted by atomic mass is 10.1. The molecule has 6 heteroatoms. The Morgan fingerprint density at radius 1 is 1.22 bits per heavy atom. The van der Waals surface area contributed by atoms with E-state index in [4.69, 9.17) is 0 Å². The Kier molecular flexibility index (Phi) is 5.63. The summed E-state index contributed by atoms with van der Waals surface area (Å²) >= 11 is 0. The van der Waals surface area contributed by atoms with Crippen LogP contribution >= 0.6 is 0 Å². The van der Waals surface area contributed by atoms with E-state index in [9.17, 15) is 9.59 Å². The van der Waals surface area contributed by atoms with Crippen LogP contribution < -0.4 is 10.2 Å². The van der Waals surface area contributed by atoms with E-state index in [0.29, 0.717) is 19.4 Å². The average molecular weight is 368 g/mol. The van der Waals surface area contributed by atoms with Gasteiger partial charge in [0.2, 0.25) is 11.8 Å². The normalized spacial score (nSPS) is 15.7. The number of nitrogens with zero attached hydrogens (tertiary/aromatic N) is 3. The molecule has 144 valence electrons. The van der Waals surface area contributed by atoms with Crippen LogP contribution in [0.1, 0.15) is 42.8 Å². The van der Waals surface area contributed by atoms with Crippen LogP contribution in [-0.2, 0) is 29.0 Å². The summed E-state index contributed by atoms with van der Waals surface area (Å²) in [4.78, 5) is 27.0. The van der Waals surface area contributed by atoms with Gasteiger partial charge in [-0.05, 0) is 44.4 Å². The zero-order chi connectivity index (χ0) is 19.6. The van der Waals surface area contributed by atoms with Gasteiger partial charge in [-0.15, -0.1) is 0 Å². The topological polar surface area (TPSA) is 67.2 Å². The Balaban J connectivity index is 1.68. The molecule has 0 bridgehead atoms. The molecule has 1 aromatic carbocycles. The van der Waals surface area contributed by atoms with Crippen molar-refractivity contribution in [2.75, 3.05) is 11.4 Å². The minimum atomic E-state index is -0.463. The molecule has 1 aromatic heterocycles. The first-order valence-electron chi connectivity index (χ1n) is 9.68. The Hall–Kier alpha value is -2.63. The molecule has 0 saturated heterocycles. The molecule has 2 aromatic rings. The van der Waals surface area contributed by atoms with Gasteiger partial charge in [-0.2, -0.15) is 5.10 Å². The maximum absolute atomic E-state index is 12.8. The Morgan fingerprint density at radius 2 is 1.96 bits per heavy atom. The van der Waals surface area contributed by atoms with Gasteiger partial charge in [-0.1, -0.05) is 25.1 Å². The SMILES string of the molecule is CCC(=O)N1c2ccccc2C[C@H]1C(=O)NCCc1c(C)nn(CC)c1C. The highest BCUT2D eigenvalue weighted by atomic mass is 16.2. The predicted octanol–water partition coefficient (Wildman–Crippen LogP) is 2.55. The number of benzene rings is 1. The number of aryl methyl sites for hydroxylation is 2. The molecule has 6 nitrogen and oxygen atoms in total. The highest BCUT2D eigenvalue weighted by Crippen LogP contribution is 2.32. The quantitative estimate of drug-likeness (QED) is 0.852. The number of para-hydroxylation sites is 1. The summed E-state index contributed by atoms with van der Waals surface area (Å²) in [6.07, 6.45) is 1.69. The molecule has 2 heterocycles. The Bertz CT molecular complexity index is 856. The second-order valence-electron chi connectivity index (χ2n) is 6.97. The van der Waals surface area contributed by atoms with Crippen LogP contribution in [0.3, 0.4) is 0 Å². The molecule has 0 fully saturated rings. The van der Waals surface area contributed by atoms with E-state index in [0.717, 1.165) is 35.6 Å². The molecule has 1 N–H and O–H groups in total. The number of nitrogens with one attached hydrogen (secondary N) is 1. The van der Waals surface area contributed by atoms with E-state index < -0.39 is 6.04 Å². The van der Waals surface area contributed by atoms with Gasteiger partial charge >= 0.3 is 0 Å². The third-order valence-electron chi connectivity index (χ3n) is 5.36. The van der Waals surface area contributed by atoms with Crippen LogP contribution in [0.4, 0.5) is 5.69 Å². The summed E-state index contributed by atoms with van der Waals surface area (Å²) in [6, 6.07) is 7.30. The molecule has 3 rings (SSSR count). The maximum Gasteiger partial charge on any atom is 0.243 e. The first kappa shape index (κ1) is 19.1. The number of carbonyl (C=O) groups is 2. The van der Waals surface area contributed by atoms with E-state index in [2.05, 4.69) is 24.3 Å². The number of carbonyl (C=O) groups excluding carboxylic acids is 2. The lowest BCUT2D eigenvalue weighted by Gasteiger charge is -2.24. The summed E-state index contributed by atoms with van der Waals surface area (Å²) in [5, 5.41) is 7.56. The van der Waals surface area contributed by atoms with Crippen molar-refractivity contribution >= 4 is 17.5 Å². The molecule has 2 amide bonds. The van der Waals surface area contributed by atoms with Gasteiger partial charge in [0.25, 0.3) is 0 Å². The van der Waals surface area contributed by atoms with Crippen molar-refractivity contribution in [3.05, 3.63) is 46.8 Å². The number of anilines is 1. The van der Waals surface area contributed by atoms with Crippen LogP contribution in [0.5, 0.6) is 0 Å². The number of hydrogen-bond acceptors (Lipinski definition) is 3. The first-order chi connectivity index (χ1) is 13.0. The predicted molar refractivity (Wildman–Crippen MR) is 106 cm³/mol. The molecule has 1 atom stereocenters. The van der Waals surface area contributed by atoms with Crippen molar-refractivity contribution in [2.24, 2.45) is 0 Å². The summed E-state index contributed by atoms with van der Waals surface area (Å²) in [6.45, 7) is 9.35. The molecular weight excluding hydrogens is 340 g/mol. The van der Waals surface area contributed by atoms with Crippen LogP contribution in [0.25, 0.3) is 0 Å². The van der Waals surface area contributed by atoms with Crippen molar-refractivity contribution in [1.29, 1.82) is 0 Å². The smallest absolute Gasteiger partial charge is 0.243 e. The highest BCUT2D eigenvalue weighted by molar-refractivity contribution is 6.03. The molecule has 0 aliphatic carbocycles. The van der Waals surface area contributed by atoms with E-state index in [1.54, 1.807) is 4.90 Å². The monoisotopic (exact) mass is 368 g/mol. The molecule has 1 aliphatic heterocycles. The van der Waals surface area contributed by atoms with Crippen LogP contribution in [0.15, 0.2) is 24.3 Å². The van der Waals surface area contributed by atoms with Gasteiger partial charge in [0.15, 0.2) is 0 Å². The van der Waals surface area contributed by atoms with E-state index in [1.807, 2.05) is 42.8 Å². The van der Waals surface area contributed by atoms with Crippen LogP contribution in [0.2, 0.25) is 0 Å². The minimum Gasteiger partial charge on any atom is -0.354 e. The van der Waals surface area contributed by atoms with E-state index >= 15 is 0 Å². The van der Waals surface area contributed by atoms with Crippen molar-refractivity contribution in [2.45, 2.75) is 59.5 Å². The largest absolute Gasteiger partial charge is 0.354 e. The summed E-state index contributed by atoms with van der Waals surface area (Å²) in [5.74, 6) is -0.109. The van der Waals surface area contributed by atoms with Crippen molar-refractivity contribution in [3.8, 4) is 0 Å². The zero-order valence-corrected chi connectivity index (χ0v) is 16.6. The molecule has 0 saturated carbocycles. The van der Waals surface area contributed by atoms with Gasteiger partial charge in [0, 0.05) is 37.3 Å². The van der Waals surface area contributed by atoms with Crippen molar-refractivity contribution in [1.82, 2.24) is 15.1 Å². The van der Waals surface area contributed by atoms with Crippen molar-refractivity contribution < 1.29 is 9.59 Å². The molecule has 1 aliphatic rings. The minimum absolute atomic E-state index is 0.0176. The zero-order valence-electron chi connectivity index (χ0n) is 16.6. The number of fused-ring (bicyclic) bond motifs is 1. The lowest BCUT2D eigenvalue weighted by Crippen LogP contribution is -2.48. The van der Waals surface area contributed by atoms with Crippen molar-refractivity contribution in [3.63, 3.8) is 0 Å². The average Bonchev–Trinajstić information content (AvgIpc) is 3.19. The molecule has 27 heavy (non-hydrogen) atoms.